The Bertz CT molecular complexity index is 502. The minimum atomic E-state index is -0.600. The standard InChI is InChI=1S/C19H34N2O8/c1-10-7-14(24-5)18(12(3)26-10)28-20-16(22)9-17(23)21-29-19-13(4)27-11(2)8-15(19)25-6/h10-15,18-19H,7-9H2,1-6H3,(H,20,22)(H,21,23)/t10-,11-,12-,13-,14-,15-,18-,19-/m0/s1. The third kappa shape index (κ3) is 6.87. The monoisotopic (exact) mass is 418 g/mol. The molecule has 0 unspecified atom stereocenters. The van der Waals surface area contributed by atoms with E-state index in [-0.39, 0.29) is 36.6 Å². The fourth-order valence-corrected chi connectivity index (χ4v) is 3.82. The number of hydrogen-bond donors (Lipinski definition) is 2. The quantitative estimate of drug-likeness (QED) is 0.436. The topological polar surface area (TPSA) is 114 Å². The molecule has 29 heavy (non-hydrogen) atoms. The molecule has 168 valence electrons. The van der Waals surface area contributed by atoms with E-state index in [4.69, 9.17) is 28.6 Å². The van der Waals surface area contributed by atoms with Gasteiger partial charge >= 0.3 is 0 Å². The number of hydroxylamine groups is 2. The number of hydrogen-bond acceptors (Lipinski definition) is 8. The number of ether oxygens (including phenoxy) is 4. The lowest BCUT2D eigenvalue weighted by atomic mass is 9.99. The molecule has 10 nitrogen and oxygen atoms in total. The van der Waals surface area contributed by atoms with Gasteiger partial charge < -0.3 is 18.9 Å². The van der Waals surface area contributed by atoms with Gasteiger partial charge in [0.25, 0.3) is 11.8 Å². The number of methoxy groups -OCH3 is 2. The largest absolute Gasteiger partial charge is 0.378 e. The number of amides is 2. The molecule has 2 amide bonds. The molecule has 2 rings (SSSR count). The fraction of sp³-hybridized carbons (Fsp3) is 0.895. The van der Waals surface area contributed by atoms with E-state index in [1.165, 1.54) is 0 Å². The second-order valence-electron chi connectivity index (χ2n) is 7.72. The van der Waals surface area contributed by atoms with Crippen molar-refractivity contribution in [3.63, 3.8) is 0 Å². The lowest BCUT2D eigenvalue weighted by molar-refractivity contribution is -0.210. The van der Waals surface area contributed by atoms with Crippen LogP contribution < -0.4 is 11.0 Å². The Labute approximate surface area is 171 Å². The third-order valence-electron chi connectivity index (χ3n) is 5.22. The highest BCUT2D eigenvalue weighted by atomic mass is 16.7. The first-order valence-corrected chi connectivity index (χ1v) is 10.0. The molecule has 10 heteroatoms. The highest BCUT2D eigenvalue weighted by Gasteiger charge is 2.38. The second kappa shape index (κ2) is 11.2. The Balaban J connectivity index is 1.75. The summed E-state index contributed by atoms with van der Waals surface area (Å²) in [5.41, 5.74) is 4.60. The zero-order valence-electron chi connectivity index (χ0n) is 18.0. The van der Waals surface area contributed by atoms with Gasteiger partial charge in [-0.3, -0.25) is 19.3 Å². The first-order valence-electron chi connectivity index (χ1n) is 10.0. The van der Waals surface area contributed by atoms with E-state index in [9.17, 15) is 9.59 Å². The minimum Gasteiger partial charge on any atom is -0.378 e. The van der Waals surface area contributed by atoms with Gasteiger partial charge in [0.05, 0.1) is 36.6 Å². The van der Waals surface area contributed by atoms with Crippen LogP contribution in [0.1, 0.15) is 47.0 Å². The summed E-state index contributed by atoms with van der Waals surface area (Å²) >= 11 is 0. The summed E-state index contributed by atoms with van der Waals surface area (Å²) < 4.78 is 22.3. The Kier molecular flexibility index (Phi) is 9.25. The summed E-state index contributed by atoms with van der Waals surface area (Å²) in [6.07, 6.45) is -0.964. The Morgan fingerprint density at radius 1 is 0.793 bits per heavy atom. The summed E-state index contributed by atoms with van der Waals surface area (Å²) in [5.74, 6) is -1.20. The number of rotatable bonds is 8. The molecular weight excluding hydrogens is 384 g/mol. The maximum Gasteiger partial charge on any atom is 0.253 e. The van der Waals surface area contributed by atoms with E-state index in [1.807, 2.05) is 27.7 Å². The molecule has 0 saturated carbocycles. The maximum absolute atomic E-state index is 12.1. The summed E-state index contributed by atoms with van der Waals surface area (Å²) in [6.45, 7) is 7.60. The van der Waals surface area contributed by atoms with Crippen LogP contribution in [0.15, 0.2) is 0 Å². The van der Waals surface area contributed by atoms with Crippen molar-refractivity contribution < 1.29 is 38.2 Å². The minimum absolute atomic E-state index is 0.0403. The van der Waals surface area contributed by atoms with Crippen LogP contribution in [-0.4, -0.2) is 74.9 Å². The van der Waals surface area contributed by atoms with Crippen molar-refractivity contribution in [2.24, 2.45) is 0 Å². The fourth-order valence-electron chi connectivity index (χ4n) is 3.82. The molecule has 0 radical (unpaired) electrons. The van der Waals surface area contributed by atoms with E-state index in [2.05, 4.69) is 11.0 Å². The molecule has 2 aliphatic rings. The smallest absolute Gasteiger partial charge is 0.253 e. The summed E-state index contributed by atoms with van der Waals surface area (Å²) in [7, 11) is 3.17. The van der Waals surface area contributed by atoms with Crippen LogP contribution in [-0.2, 0) is 38.2 Å². The molecule has 2 aliphatic heterocycles. The van der Waals surface area contributed by atoms with Crippen LogP contribution in [0.2, 0.25) is 0 Å². The third-order valence-corrected chi connectivity index (χ3v) is 5.22. The van der Waals surface area contributed by atoms with Gasteiger partial charge in [-0.2, -0.15) is 0 Å². The van der Waals surface area contributed by atoms with Crippen molar-refractivity contribution in [2.75, 3.05) is 14.2 Å². The van der Waals surface area contributed by atoms with Crippen molar-refractivity contribution in [1.82, 2.24) is 11.0 Å². The predicted octanol–water partition coefficient (Wildman–Crippen LogP) is 0.634. The van der Waals surface area contributed by atoms with Crippen LogP contribution in [0.5, 0.6) is 0 Å². The van der Waals surface area contributed by atoms with Crippen LogP contribution in [0.25, 0.3) is 0 Å². The van der Waals surface area contributed by atoms with Crippen LogP contribution in [0.3, 0.4) is 0 Å². The summed E-state index contributed by atoms with van der Waals surface area (Å²) in [6, 6.07) is 0. The average Bonchev–Trinajstić information content (AvgIpc) is 2.65. The van der Waals surface area contributed by atoms with Gasteiger partial charge in [-0.15, -0.1) is 0 Å². The van der Waals surface area contributed by atoms with Gasteiger partial charge in [0.15, 0.2) is 0 Å². The normalized spacial score (nSPS) is 37.7. The van der Waals surface area contributed by atoms with Crippen molar-refractivity contribution >= 4 is 11.8 Å². The van der Waals surface area contributed by atoms with Gasteiger partial charge in [0.1, 0.15) is 18.6 Å². The number of carbonyl (C=O) groups is 2. The van der Waals surface area contributed by atoms with Crippen LogP contribution in [0.4, 0.5) is 0 Å². The first kappa shape index (κ1) is 24.0. The van der Waals surface area contributed by atoms with Gasteiger partial charge in [-0.1, -0.05) is 0 Å². The Morgan fingerprint density at radius 3 is 1.52 bits per heavy atom. The molecule has 0 bridgehead atoms. The molecular formula is C19H34N2O8. The molecule has 2 fully saturated rings. The van der Waals surface area contributed by atoms with E-state index in [1.54, 1.807) is 14.2 Å². The lowest BCUT2D eigenvalue weighted by Gasteiger charge is -2.38. The van der Waals surface area contributed by atoms with Gasteiger partial charge in [-0.05, 0) is 27.7 Å². The van der Waals surface area contributed by atoms with Crippen molar-refractivity contribution in [2.45, 2.75) is 95.8 Å². The van der Waals surface area contributed by atoms with E-state index >= 15 is 0 Å². The Hall–Kier alpha value is -1.30. The summed E-state index contributed by atoms with van der Waals surface area (Å²) in [4.78, 5) is 35.0. The number of carbonyl (C=O) groups excluding carboxylic acids is 2. The molecule has 0 aromatic rings. The summed E-state index contributed by atoms with van der Waals surface area (Å²) in [5, 5.41) is 0. The molecule has 2 saturated heterocycles. The predicted molar refractivity (Wildman–Crippen MR) is 101 cm³/mol. The first-order chi connectivity index (χ1) is 13.7. The maximum atomic E-state index is 12.1. The van der Waals surface area contributed by atoms with Gasteiger partial charge in [0, 0.05) is 27.1 Å². The van der Waals surface area contributed by atoms with Gasteiger partial charge in [0.2, 0.25) is 0 Å². The second-order valence-corrected chi connectivity index (χ2v) is 7.72. The van der Waals surface area contributed by atoms with Crippen LogP contribution in [0, 0.1) is 0 Å². The average molecular weight is 418 g/mol. The van der Waals surface area contributed by atoms with Crippen LogP contribution >= 0.6 is 0 Å². The van der Waals surface area contributed by atoms with Crippen molar-refractivity contribution in [1.29, 1.82) is 0 Å². The molecule has 0 aromatic heterocycles. The molecule has 8 atom stereocenters. The van der Waals surface area contributed by atoms with Gasteiger partial charge in [-0.25, -0.2) is 11.0 Å². The Morgan fingerprint density at radius 2 is 1.17 bits per heavy atom. The van der Waals surface area contributed by atoms with E-state index < -0.39 is 30.4 Å². The molecule has 0 spiro atoms. The van der Waals surface area contributed by atoms with Crippen molar-refractivity contribution in [3.05, 3.63) is 0 Å². The lowest BCUT2D eigenvalue weighted by Crippen LogP contribution is -2.52. The highest BCUT2D eigenvalue weighted by molar-refractivity contribution is 5.95. The van der Waals surface area contributed by atoms with E-state index in [0.717, 1.165) is 0 Å². The highest BCUT2D eigenvalue weighted by Crippen LogP contribution is 2.25. The van der Waals surface area contributed by atoms with Crippen molar-refractivity contribution in [3.8, 4) is 0 Å². The zero-order chi connectivity index (χ0) is 21.6. The molecule has 0 aromatic carbocycles. The zero-order valence-corrected chi connectivity index (χ0v) is 18.0. The SMILES string of the molecule is CO[C@H]1C[C@H](C)O[C@@H](C)[C@@H]1ONC(=O)CC(=O)NO[C@H]1[C@H](C)O[C@@H](C)C[C@@H]1OC. The van der Waals surface area contributed by atoms with E-state index in [0.29, 0.717) is 12.8 Å². The molecule has 2 heterocycles. The number of nitrogens with one attached hydrogen (secondary N) is 2. The molecule has 0 aliphatic carbocycles. The molecule has 2 N–H and O–H groups in total.